The lowest BCUT2D eigenvalue weighted by Crippen LogP contribution is -2.13. The van der Waals surface area contributed by atoms with E-state index in [4.69, 9.17) is 27.3 Å². The van der Waals surface area contributed by atoms with Crippen molar-refractivity contribution in [2.24, 2.45) is 10.9 Å². The molecule has 0 atom stereocenters. The number of hydrogen-bond donors (Lipinski definition) is 2. The van der Waals surface area contributed by atoms with Gasteiger partial charge in [0, 0.05) is 5.56 Å². The van der Waals surface area contributed by atoms with E-state index in [1.807, 2.05) is 0 Å². The van der Waals surface area contributed by atoms with Crippen LogP contribution < -0.4 is 10.5 Å². The highest BCUT2D eigenvalue weighted by atomic mass is 35.5. The Kier molecular flexibility index (Phi) is 6.00. The van der Waals surface area contributed by atoms with E-state index in [1.54, 1.807) is 30.0 Å². The van der Waals surface area contributed by atoms with Crippen LogP contribution in [-0.2, 0) is 0 Å². The third kappa shape index (κ3) is 4.36. The number of rotatable bonds is 6. The molecule has 0 saturated carbocycles. The van der Waals surface area contributed by atoms with Crippen LogP contribution in [0.5, 0.6) is 5.75 Å². The number of hydrogen-bond acceptors (Lipinski definition) is 4. The van der Waals surface area contributed by atoms with Crippen LogP contribution in [0.25, 0.3) is 0 Å². The minimum atomic E-state index is -0.0102. The number of nitrogens with two attached hydrogens (primary N) is 1. The Morgan fingerprint density at radius 2 is 2.35 bits per heavy atom. The van der Waals surface area contributed by atoms with Gasteiger partial charge in [-0.2, -0.15) is 11.8 Å². The third-order valence-electron chi connectivity index (χ3n) is 2.09. The van der Waals surface area contributed by atoms with Gasteiger partial charge in [-0.25, -0.2) is 0 Å². The van der Waals surface area contributed by atoms with Crippen molar-refractivity contribution in [3.8, 4) is 5.75 Å². The number of oxime groups is 1. The van der Waals surface area contributed by atoms with Crippen molar-refractivity contribution < 1.29 is 9.94 Å². The maximum absolute atomic E-state index is 8.55. The molecule has 0 fully saturated rings. The molecule has 0 aliphatic heterocycles. The van der Waals surface area contributed by atoms with Crippen LogP contribution >= 0.6 is 23.4 Å². The average Bonchev–Trinajstić information content (AvgIpc) is 2.34. The second-order valence-electron chi connectivity index (χ2n) is 3.32. The standard InChI is InChI=1S/C11H15ClN2O2S/c1-17-6-2-5-16-8-3-4-9(10(12)7-8)11(13)14-15/h3-4,7,15H,2,5-6H2,1H3,(H2,13,14). The predicted molar refractivity (Wildman–Crippen MR) is 72.5 cm³/mol. The molecule has 0 radical (unpaired) electrons. The maximum atomic E-state index is 8.55. The molecule has 1 aromatic rings. The Morgan fingerprint density at radius 1 is 1.59 bits per heavy atom. The highest BCUT2D eigenvalue weighted by Gasteiger charge is 2.06. The second-order valence-corrected chi connectivity index (χ2v) is 4.71. The summed E-state index contributed by atoms with van der Waals surface area (Å²) < 4.78 is 5.52. The summed E-state index contributed by atoms with van der Waals surface area (Å²) in [6, 6.07) is 5.08. The minimum Gasteiger partial charge on any atom is -0.494 e. The van der Waals surface area contributed by atoms with Crippen LogP contribution in [0.3, 0.4) is 0 Å². The van der Waals surface area contributed by atoms with Gasteiger partial charge in [0.05, 0.1) is 11.6 Å². The number of ether oxygens (including phenoxy) is 1. The molecule has 3 N–H and O–H groups in total. The van der Waals surface area contributed by atoms with Crippen LogP contribution in [0.4, 0.5) is 0 Å². The average molecular weight is 275 g/mol. The molecule has 0 amide bonds. The van der Waals surface area contributed by atoms with E-state index in [9.17, 15) is 0 Å². The number of benzene rings is 1. The molecule has 0 unspecified atom stereocenters. The molecule has 0 aliphatic carbocycles. The molecular weight excluding hydrogens is 260 g/mol. The van der Waals surface area contributed by atoms with Crippen molar-refractivity contribution in [3.05, 3.63) is 28.8 Å². The van der Waals surface area contributed by atoms with Gasteiger partial charge in [-0.3, -0.25) is 0 Å². The predicted octanol–water partition coefficient (Wildman–Crippen LogP) is 2.57. The molecule has 0 aliphatic rings. The Labute approximate surface area is 110 Å². The number of amidine groups is 1. The molecule has 94 valence electrons. The topological polar surface area (TPSA) is 67.8 Å². The van der Waals surface area contributed by atoms with E-state index < -0.39 is 0 Å². The van der Waals surface area contributed by atoms with Gasteiger partial charge in [0.1, 0.15) is 5.75 Å². The summed E-state index contributed by atoms with van der Waals surface area (Å²) in [6.07, 6.45) is 3.05. The molecule has 0 heterocycles. The van der Waals surface area contributed by atoms with E-state index in [-0.39, 0.29) is 5.84 Å². The largest absolute Gasteiger partial charge is 0.494 e. The van der Waals surface area contributed by atoms with Gasteiger partial charge in [-0.05, 0) is 36.6 Å². The van der Waals surface area contributed by atoms with Crippen LogP contribution in [0, 0.1) is 0 Å². The summed E-state index contributed by atoms with van der Waals surface area (Å²) in [4.78, 5) is 0. The molecule has 17 heavy (non-hydrogen) atoms. The third-order valence-corrected chi connectivity index (χ3v) is 3.10. The summed E-state index contributed by atoms with van der Waals surface area (Å²) in [7, 11) is 0. The number of halogens is 1. The summed E-state index contributed by atoms with van der Waals surface area (Å²) in [5, 5.41) is 11.9. The quantitative estimate of drug-likeness (QED) is 0.275. The molecule has 0 saturated heterocycles. The monoisotopic (exact) mass is 274 g/mol. The first-order valence-electron chi connectivity index (χ1n) is 5.08. The van der Waals surface area contributed by atoms with Crippen LogP contribution in [0.1, 0.15) is 12.0 Å². The van der Waals surface area contributed by atoms with E-state index in [0.29, 0.717) is 22.9 Å². The Morgan fingerprint density at radius 3 is 2.94 bits per heavy atom. The van der Waals surface area contributed by atoms with E-state index in [0.717, 1.165) is 12.2 Å². The van der Waals surface area contributed by atoms with Gasteiger partial charge in [0.2, 0.25) is 0 Å². The van der Waals surface area contributed by atoms with Crippen molar-refractivity contribution in [1.82, 2.24) is 0 Å². The first kappa shape index (κ1) is 14.0. The van der Waals surface area contributed by atoms with Gasteiger partial charge < -0.3 is 15.7 Å². The van der Waals surface area contributed by atoms with Crippen LogP contribution in [-0.4, -0.2) is 29.7 Å². The maximum Gasteiger partial charge on any atom is 0.171 e. The lowest BCUT2D eigenvalue weighted by molar-refractivity contribution is 0.317. The molecule has 0 aromatic heterocycles. The Hall–Kier alpha value is -1.07. The fourth-order valence-electron chi connectivity index (χ4n) is 1.24. The molecule has 1 rings (SSSR count). The smallest absolute Gasteiger partial charge is 0.171 e. The highest BCUT2D eigenvalue weighted by molar-refractivity contribution is 7.98. The first-order valence-corrected chi connectivity index (χ1v) is 6.85. The van der Waals surface area contributed by atoms with Crippen LogP contribution in [0.2, 0.25) is 5.02 Å². The van der Waals surface area contributed by atoms with Gasteiger partial charge in [0.15, 0.2) is 5.84 Å². The fourth-order valence-corrected chi connectivity index (χ4v) is 1.91. The van der Waals surface area contributed by atoms with Crippen molar-refractivity contribution in [1.29, 1.82) is 0 Å². The summed E-state index contributed by atoms with van der Waals surface area (Å²) in [5.74, 6) is 1.74. The Bertz CT molecular complexity index is 399. The van der Waals surface area contributed by atoms with Crippen molar-refractivity contribution >= 4 is 29.2 Å². The SMILES string of the molecule is CSCCCOc1ccc(/C(N)=N/O)c(Cl)c1. The zero-order valence-corrected chi connectivity index (χ0v) is 11.1. The van der Waals surface area contributed by atoms with Gasteiger partial charge in [-0.1, -0.05) is 16.8 Å². The van der Waals surface area contributed by atoms with E-state index in [2.05, 4.69) is 11.4 Å². The number of thioether (sulfide) groups is 1. The highest BCUT2D eigenvalue weighted by Crippen LogP contribution is 2.22. The van der Waals surface area contributed by atoms with Crippen molar-refractivity contribution in [3.63, 3.8) is 0 Å². The van der Waals surface area contributed by atoms with Crippen LogP contribution in [0.15, 0.2) is 23.4 Å². The zero-order chi connectivity index (χ0) is 12.7. The summed E-state index contributed by atoms with van der Waals surface area (Å²) in [6.45, 7) is 0.653. The molecular formula is C11H15ClN2O2S. The Balaban J connectivity index is 2.63. The lowest BCUT2D eigenvalue weighted by atomic mass is 10.2. The molecule has 4 nitrogen and oxygen atoms in total. The van der Waals surface area contributed by atoms with Crippen molar-refractivity contribution in [2.45, 2.75) is 6.42 Å². The normalized spacial score (nSPS) is 11.5. The second kappa shape index (κ2) is 7.29. The number of nitrogens with zero attached hydrogens (tertiary/aromatic N) is 1. The first-order chi connectivity index (χ1) is 8.19. The zero-order valence-electron chi connectivity index (χ0n) is 9.52. The van der Waals surface area contributed by atoms with E-state index in [1.165, 1.54) is 0 Å². The van der Waals surface area contributed by atoms with Gasteiger partial charge in [-0.15, -0.1) is 0 Å². The van der Waals surface area contributed by atoms with Gasteiger partial charge in [0.25, 0.3) is 0 Å². The molecule has 1 aromatic carbocycles. The fraction of sp³-hybridized carbons (Fsp3) is 0.364. The molecule has 0 bridgehead atoms. The van der Waals surface area contributed by atoms with Gasteiger partial charge >= 0.3 is 0 Å². The van der Waals surface area contributed by atoms with Crippen molar-refractivity contribution in [2.75, 3.05) is 18.6 Å². The summed E-state index contributed by atoms with van der Waals surface area (Å²) in [5.41, 5.74) is 5.95. The summed E-state index contributed by atoms with van der Waals surface area (Å²) >= 11 is 7.77. The molecule has 6 heteroatoms. The molecule has 0 spiro atoms. The van der Waals surface area contributed by atoms with E-state index >= 15 is 0 Å². The minimum absolute atomic E-state index is 0.0102. The lowest BCUT2D eigenvalue weighted by Gasteiger charge is -2.08.